The van der Waals surface area contributed by atoms with E-state index in [1.54, 1.807) is 24.1 Å². The van der Waals surface area contributed by atoms with Gasteiger partial charge in [-0.25, -0.2) is 14.1 Å². The summed E-state index contributed by atoms with van der Waals surface area (Å²) in [5.41, 5.74) is 7.71. The highest BCUT2D eigenvalue weighted by Crippen LogP contribution is 2.37. The number of hydrogen-bond acceptors (Lipinski definition) is 5. The second-order valence-electron chi connectivity index (χ2n) is 8.47. The summed E-state index contributed by atoms with van der Waals surface area (Å²) in [6, 6.07) is 3.52. The van der Waals surface area contributed by atoms with Crippen LogP contribution in [0.15, 0.2) is 18.5 Å². The van der Waals surface area contributed by atoms with Crippen molar-refractivity contribution in [3.05, 3.63) is 41.1 Å². The number of terminal acetylenes is 1. The first-order valence-electron chi connectivity index (χ1n) is 10.9. The van der Waals surface area contributed by atoms with Gasteiger partial charge in [-0.05, 0) is 31.2 Å². The van der Waals surface area contributed by atoms with Crippen LogP contribution in [0.3, 0.4) is 0 Å². The van der Waals surface area contributed by atoms with Crippen molar-refractivity contribution in [3.63, 3.8) is 0 Å². The second-order valence-corrected chi connectivity index (χ2v) is 8.47. The van der Waals surface area contributed by atoms with Crippen LogP contribution in [0.5, 0.6) is 0 Å². The molecule has 168 valence electrons. The Kier molecular flexibility index (Phi) is 5.27. The Hall–Kier alpha value is -3.82. The molecule has 1 amide bonds. The number of aromatic nitrogens is 4. The van der Waals surface area contributed by atoms with E-state index in [9.17, 15) is 9.18 Å². The number of carbonyl (C=O) groups excluding carboxylic acids is 1. The number of nitrogens with two attached hydrogens (primary N) is 1. The van der Waals surface area contributed by atoms with E-state index in [2.05, 4.69) is 38.1 Å². The first kappa shape index (κ1) is 21.0. The molecule has 5 rings (SSSR count). The molecule has 9 heteroatoms. The lowest BCUT2D eigenvalue weighted by Crippen LogP contribution is -2.23. The van der Waals surface area contributed by atoms with Gasteiger partial charge >= 0.3 is 0 Å². The Labute approximate surface area is 190 Å². The molecule has 1 atom stereocenters. The number of carbonyl (C=O) groups is 1. The Balaban J connectivity index is 1.52. The number of hydrogen-bond donors (Lipinski definition) is 2. The molecule has 1 aliphatic heterocycles. The lowest BCUT2D eigenvalue weighted by Gasteiger charge is -2.15. The highest BCUT2D eigenvalue weighted by atomic mass is 19.1. The standard InChI is InChI=1S/C24H24FN7O/c1-3-9-30-10-8-17(13-30)32-24(27-2)22(23(26)33)19(29-32)7-4-15-11-20-21(12-18(15)25)31(14-28-20)16-5-6-16/h1,11-12,14,16-17,27H,5-6,8-10,13H2,2H3,(H2,26,33). The van der Waals surface area contributed by atoms with Crippen molar-refractivity contribution < 1.29 is 9.18 Å². The normalized spacial score (nSPS) is 18.2. The first-order valence-corrected chi connectivity index (χ1v) is 10.9. The van der Waals surface area contributed by atoms with Crippen LogP contribution in [-0.4, -0.2) is 56.8 Å². The van der Waals surface area contributed by atoms with Gasteiger partial charge in [0.2, 0.25) is 0 Å². The molecule has 33 heavy (non-hydrogen) atoms. The van der Waals surface area contributed by atoms with Crippen molar-refractivity contribution in [2.45, 2.75) is 31.3 Å². The van der Waals surface area contributed by atoms with E-state index in [1.807, 2.05) is 4.57 Å². The van der Waals surface area contributed by atoms with E-state index < -0.39 is 11.7 Å². The molecule has 1 unspecified atom stereocenters. The van der Waals surface area contributed by atoms with Gasteiger partial charge in [-0.2, -0.15) is 5.10 Å². The molecule has 3 N–H and O–H groups in total. The number of imidazole rings is 1. The first-order chi connectivity index (χ1) is 16.0. The predicted molar refractivity (Wildman–Crippen MR) is 123 cm³/mol. The molecule has 3 aromatic rings. The highest BCUT2D eigenvalue weighted by molar-refractivity contribution is 6.00. The van der Waals surface area contributed by atoms with Crippen molar-refractivity contribution in [2.75, 3.05) is 32.0 Å². The fourth-order valence-corrected chi connectivity index (χ4v) is 4.46. The zero-order chi connectivity index (χ0) is 23.1. The molecule has 1 saturated heterocycles. The average molecular weight is 446 g/mol. The molecule has 0 spiro atoms. The second kappa shape index (κ2) is 8.27. The zero-order valence-corrected chi connectivity index (χ0v) is 18.3. The van der Waals surface area contributed by atoms with Gasteiger partial charge in [-0.15, -0.1) is 6.42 Å². The number of halogens is 1. The molecule has 1 aliphatic carbocycles. The fraction of sp³-hybridized carbons (Fsp3) is 0.375. The third-order valence-electron chi connectivity index (χ3n) is 6.22. The molecular weight excluding hydrogens is 421 g/mol. The minimum atomic E-state index is -0.646. The number of nitrogens with zero attached hydrogens (tertiary/aromatic N) is 5. The van der Waals surface area contributed by atoms with E-state index in [1.165, 1.54) is 6.07 Å². The lowest BCUT2D eigenvalue weighted by atomic mass is 10.1. The highest BCUT2D eigenvalue weighted by Gasteiger charge is 2.30. The van der Waals surface area contributed by atoms with Gasteiger partial charge < -0.3 is 15.6 Å². The van der Waals surface area contributed by atoms with Crippen LogP contribution in [-0.2, 0) is 0 Å². The molecule has 1 aromatic carbocycles. The van der Waals surface area contributed by atoms with Gasteiger partial charge in [0.1, 0.15) is 17.2 Å². The van der Waals surface area contributed by atoms with Crippen molar-refractivity contribution in [3.8, 4) is 24.2 Å². The number of nitrogens with one attached hydrogen (secondary N) is 1. The molecular formula is C24H24FN7O. The Morgan fingerprint density at radius 1 is 1.30 bits per heavy atom. The maximum Gasteiger partial charge on any atom is 0.255 e. The minimum Gasteiger partial charge on any atom is -0.373 e. The van der Waals surface area contributed by atoms with Crippen LogP contribution >= 0.6 is 0 Å². The Morgan fingerprint density at radius 3 is 2.82 bits per heavy atom. The Bertz CT molecular complexity index is 1350. The van der Waals surface area contributed by atoms with E-state index in [4.69, 9.17) is 12.2 Å². The molecule has 2 fully saturated rings. The summed E-state index contributed by atoms with van der Waals surface area (Å²) in [6.07, 6.45) is 10.2. The van der Waals surface area contributed by atoms with Crippen LogP contribution in [0.2, 0.25) is 0 Å². The van der Waals surface area contributed by atoms with Gasteiger partial charge in [0.25, 0.3) is 5.91 Å². The number of anilines is 1. The monoisotopic (exact) mass is 445 g/mol. The van der Waals surface area contributed by atoms with Crippen molar-refractivity contribution >= 4 is 22.8 Å². The van der Waals surface area contributed by atoms with Crippen molar-refractivity contribution in [2.24, 2.45) is 5.73 Å². The summed E-state index contributed by atoms with van der Waals surface area (Å²) in [6.45, 7) is 2.10. The predicted octanol–water partition coefficient (Wildman–Crippen LogP) is 2.13. The summed E-state index contributed by atoms with van der Waals surface area (Å²) in [4.78, 5) is 18.8. The van der Waals surface area contributed by atoms with Gasteiger partial charge in [0.05, 0.1) is 35.5 Å². The molecule has 8 nitrogen and oxygen atoms in total. The van der Waals surface area contributed by atoms with E-state index in [0.717, 1.165) is 31.3 Å². The molecule has 2 aromatic heterocycles. The number of primary amides is 1. The van der Waals surface area contributed by atoms with Crippen molar-refractivity contribution in [1.29, 1.82) is 0 Å². The topological polar surface area (TPSA) is 94.0 Å². The smallest absolute Gasteiger partial charge is 0.255 e. The summed E-state index contributed by atoms with van der Waals surface area (Å²) in [5, 5.41) is 7.61. The van der Waals surface area contributed by atoms with Gasteiger partial charge in [0, 0.05) is 32.2 Å². The largest absolute Gasteiger partial charge is 0.373 e. The summed E-state index contributed by atoms with van der Waals surface area (Å²) in [5.74, 6) is 7.77. The minimum absolute atomic E-state index is 0.0222. The molecule has 1 saturated carbocycles. The van der Waals surface area contributed by atoms with Gasteiger partial charge in [-0.1, -0.05) is 11.8 Å². The fourth-order valence-electron chi connectivity index (χ4n) is 4.46. The summed E-state index contributed by atoms with van der Waals surface area (Å²) >= 11 is 0. The summed E-state index contributed by atoms with van der Waals surface area (Å²) < 4.78 is 18.6. The van der Waals surface area contributed by atoms with Gasteiger partial charge in [-0.3, -0.25) is 9.69 Å². The Morgan fingerprint density at radius 2 is 2.12 bits per heavy atom. The number of rotatable bonds is 5. The number of fused-ring (bicyclic) bond motifs is 1. The summed E-state index contributed by atoms with van der Waals surface area (Å²) in [7, 11) is 1.70. The van der Waals surface area contributed by atoms with E-state index >= 15 is 0 Å². The third kappa shape index (κ3) is 3.81. The lowest BCUT2D eigenvalue weighted by molar-refractivity contribution is 0.100. The quantitative estimate of drug-likeness (QED) is 0.587. The maximum absolute atomic E-state index is 14.8. The zero-order valence-electron chi connectivity index (χ0n) is 18.3. The average Bonchev–Trinajstić information content (AvgIpc) is 3.22. The van der Waals surface area contributed by atoms with Crippen LogP contribution < -0.4 is 11.1 Å². The number of benzene rings is 1. The molecule has 0 radical (unpaired) electrons. The molecule has 3 heterocycles. The molecule has 2 aliphatic rings. The SMILES string of the molecule is C#CCN1CCC(n2nc(C#Cc3cc4ncn(C5CC5)c4cc3F)c(C(N)=O)c2NC)C1. The third-order valence-corrected chi connectivity index (χ3v) is 6.22. The van der Waals surface area contributed by atoms with Crippen LogP contribution in [0.1, 0.15) is 53.0 Å². The van der Waals surface area contributed by atoms with E-state index in [-0.39, 0.29) is 22.9 Å². The van der Waals surface area contributed by atoms with Crippen LogP contribution in [0.25, 0.3) is 11.0 Å². The van der Waals surface area contributed by atoms with Crippen molar-refractivity contribution in [1.82, 2.24) is 24.2 Å². The van der Waals surface area contributed by atoms with Crippen LogP contribution in [0.4, 0.5) is 10.2 Å². The number of amides is 1. The van der Waals surface area contributed by atoms with Crippen LogP contribution in [0, 0.1) is 30.0 Å². The van der Waals surface area contributed by atoms with E-state index in [0.29, 0.717) is 30.5 Å². The number of likely N-dealkylation sites (tertiary alicyclic amines) is 1. The molecule has 0 bridgehead atoms. The maximum atomic E-state index is 14.8. The van der Waals surface area contributed by atoms with Gasteiger partial charge in [0.15, 0.2) is 5.69 Å².